The zero-order chi connectivity index (χ0) is 19.1. The lowest BCUT2D eigenvalue weighted by atomic mass is 10.1. The Morgan fingerprint density at radius 1 is 0.750 bits per heavy atom. The van der Waals surface area contributed by atoms with Gasteiger partial charge in [0.2, 0.25) is 0 Å². The van der Waals surface area contributed by atoms with Crippen LogP contribution in [-0.4, -0.2) is 39.8 Å². The Labute approximate surface area is 166 Å². The largest absolute Gasteiger partial charge is 0.338 e. The molecule has 0 N–H and O–H groups in total. The summed E-state index contributed by atoms with van der Waals surface area (Å²) in [6.07, 6.45) is 7.93. The number of carbonyl (C=O) groups excluding carboxylic acids is 2. The quantitative estimate of drug-likeness (QED) is 0.634. The molecule has 0 aliphatic carbocycles. The van der Waals surface area contributed by atoms with E-state index in [0.29, 0.717) is 30.6 Å². The van der Waals surface area contributed by atoms with Crippen molar-refractivity contribution in [2.24, 2.45) is 0 Å². The Kier molecular flexibility index (Phi) is 4.09. The van der Waals surface area contributed by atoms with Crippen LogP contribution < -0.4 is 4.90 Å². The van der Waals surface area contributed by atoms with E-state index in [4.69, 9.17) is 0 Å². The van der Waals surface area contributed by atoms with Gasteiger partial charge in [-0.2, -0.15) is 0 Å². The first kappa shape index (κ1) is 16.9. The van der Waals surface area contributed by atoms with Crippen molar-refractivity contribution in [2.75, 3.05) is 18.0 Å². The first-order chi connectivity index (χ1) is 13.7. The smallest absolute Gasteiger partial charge is 0.261 e. The average molecular weight is 388 g/mol. The predicted octanol–water partition coefficient (Wildman–Crippen LogP) is 3.77. The van der Waals surface area contributed by atoms with Gasteiger partial charge in [0.25, 0.3) is 11.8 Å². The fourth-order valence-corrected chi connectivity index (χ4v) is 4.68. The SMILES string of the molecule is O=C1c2ccccc2C(=O)N1CCCN1c2ccncc2Sc2ccncc21. The van der Waals surface area contributed by atoms with Crippen LogP contribution in [0.1, 0.15) is 27.1 Å². The molecule has 0 atom stereocenters. The average Bonchev–Trinajstić information content (AvgIpc) is 2.98. The van der Waals surface area contributed by atoms with Crippen LogP contribution in [0.25, 0.3) is 0 Å². The van der Waals surface area contributed by atoms with Gasteiger partial charge in [0.15, 0.2) is 0 Å². The van der Waals surface area contributed by atoms with E-state index in [1.807, 2.05) is 24.5 Å². The standard InChI is InChI=1S/C21H16N4O2S/c26-20-14-4-1-2-5-15(14)21(27)25(20)11-3-10-24-16-6-8-23-13-19(16)28-18-7-9-22-12-17(18)24/h1-2,4-9,12-13H,3,10-11H2. The molecule has 7 heteroatoms. The van der Waals surface area contributed by atoms with E-state index in [2.05, 4.69) is 14.9 Å². The van der Waals surface area contributed by atoms with Crippen LogP contribution in [0.2, 0.25) is 0 Å². The molecule has 2 aliphatic rings. The fraction of sp³-hybridized carbons (Fsp3) is 0.143. The van der Waals surface area contributed by atoms with E-state index in [0.717, 1.165) is 21.2 Å². The molecule has 3 aromatic rings. The van der Waals surface area contributed by atoms with Crippen LogP contribution in [0, 0.1) is 0 Å². The second-order valence-corrected chi connectivity index (χ2v) is 7.69. The molecule has 0 spiro atoms. The molecule has 0 fully saturated rings. The number of anilines is 2. The third kappa shape index (κ3) is 2.66. The van der Waals surface area contributed by atoms with Gasteiger partial charge in [-0.25, -0.2) is 0 Å². The number of aromatic nitrogens is 2. The Bertz CT molecular complexity index is 1020. The van der Waals surface area contributed by atoms with E-state index in [9.17, 15) is 9.59 Å². The summed E-state index contributed by atoms with van der Waals surface area (Å²) in [6, 6.07) is 11.0. The van der Waals surface area contributed by atoms with Crippen molar-refractivity contribution < 1.29 is 9.59 Å². The Balaban J connectivity index is 1.36. The maximum absolute atomic E-state index is 12.6. The number of benzene rings is 1. The lowest BCUT2D eigenvalue weighted by molar-refractivity contribution is 0.0653. The van der Waals surface area contributed by atoms with Gasteiger partial charge < -0.3 is 4.90 Å². The second-order valence-electron chi connectivity index (χ2n) is 6.60. The van der Waals surface area contributed by atoms with Gasteiger partial charge in [0, 0.05) is 36.6 Å². The van der Waals surface area contributed by atoms with Crippen molar-refractivity contribution in [1.82, 2.24) is 14.9 Å². The fourth-order valence-electron chi connectivity index (χ4n) is 3.65. The highest BCUT2D eigenvalue weighted by Crippen LogP contribution is 2.47. The molecule has 2 aromatic heterocycles. The summed E-state index contributed by atoms with van der Waals surface area (Å²) in [5, 5.41) is 0. The Hall–Kier alpha value is -3.19. The van der Waals surface area contributed by atoms with Crippen molar-refractivity contribution in [1.29, 1.82) is 0 Å². The highest BCUT2D eigenvalue weighted by atomic mass is 32.2. The minimum Gasteiger partial charge on any atom is -0.338 e. The zero-order valence-corrected chi connectivity index (χ0v) is 15.7. The number of pyridine rings is 2. The maximum Gasteiger partial charge on any atom is 0.261 e. The number of carbonyl (C=O) groups is 2. The number of hydrogen-bond acceptors (Lipinski definition) is 6. The molecule has 0 radical (unpaired) electrons. The molecule has 0 unspecified atom stereocenters. The monoisotopic (exact) mass is 388 g/mol. The summed E-state index contributed by atoms with van der Waals surface area (Å²) in [7, 11) is 0. The molecule has 0 saturated carbocycles. The topological polar surface area (TPSA) is 66.4 Å². The van der Waals surface area contributed by atoms with E-state index in [1.165, 1.54) is 4.90 Å². The van der Waals surface area contributed by atoms with Crippen molar-refractivity contribution in [3.8, 4) is 0 Å². The molecule has 138 valence electrons. The highest BCUT2D eigenvalue weighted by molar-refractivity contribution is 7.99. The van der Waals surface area contributed by atoms with Crippen LogP contribution in [0.5, 0.6) is 0 Å². The third-order valence-electron chi connectivity index (χ3n) is 4.97. The normalized spacial score (nSPS) is 14.7. The number of imide groups is 1. The summed E-state index contributed by atoms with van der Waals surface area (Å²) < 4.78 is 0. The number of hydrogen-bond donors (Lipinski definition) is 0. The van der Waals surface area contributed by atoms with Gasteiger partial charge >= 0.3 is 0 Å². The second kappa shape index (κ2) is 6.76. The first-order valence-corrected chi connectivity index (χ1v) is 9.84. The number of amides is 2. The van der Waals surface area contributed by atoms with Gasteiger partial charge in [-0.05, 0) is 30.7 Å². The van der Waals surface area contributed by atoms with E-state index in [-0.39, 0.29) is 11.8 Å². The molecule has 2 amide bonds. The van der Waals surface area contributed by atoms with Crippen LogP contribution in [0.4, 0.5) is 11.4 Å². The molecule has 4 heterocycles. The lowest BCUT2D eigenvalue weighted by Crippen LogP contribution is -2.33. The van der Waals surface area contributed by atoms with E-state index < -0.39 is 0 Å². The zero-order valence-electron chi connectivity index (χ0n) is 14.9. The Morgan fingerprint density at radius 2 is 1.43 bits per heavy atom. The first-order valence-electron chi connectivity index (χ1n) is 9.02. The molecular formula is C21H16N4O2S. The maximum atomic E-state index is 12.6. The van der Waals surface area contributed by atoms with Crippen LogP contribution in [0.3, 0.4) is 0 Å². The van der Waals surface area contributed by atoms with Crippen molar-refractivity contribution in [3.05, 3.63) is 72.3 Å². The summed E-state index contributed by atoms with van der Waals surface area (Å²) in [5.41, 5.74) is 3.09. The van der Waals surface area contributed by atoms with Gasteiger partial charge in [-0.15, -0.1) is 0 Å². The molecule has 0 bridgehead atoms. The summed E-state index contributed by atoms with van der Waals surface area (Å²) in [6.45, 7) is 1.05. The summed E-state index contributed by atoms with van der Waals surface area (Å²) >= 11 is 1.67. The van der Waals surface area contributed by atoms with Crippen molar-refractivity contribution in [2.45, 2.75) is 16.2 Å². The molecule has 5 rings (SSSR count). The minimum absolute atomic E-state index is 0.207. The molecular weight excluding hydrogens is 372 g/mol. The number of rotatable bonds is 4. The highest BCUT2D eigenvalue weighted by Gasteiger charge is 2.34. The molecule has 2 aliphatic heterocycles. The van der Waals surface area contributed by atoms with Crippen LogP contribution in [-0.2, 0) is 0 Å². The summed E-state index contributed by atoms with van der Waals surface area (Å²) in [4.78, 5) is 39.4. The minimum atomic E-state index is -0.207. The van der Waals surface area contributed by atoms with Gasteiger partial charge in [0.05, 0.1) is 33.6 Å². The van der Waals surface area contributed by atoms with Gasteiger partial charge in [0.1, 0.15) is 0 Å². The van der Waals surface area contributed by atoms with Gasteiger partial charge in [-0.1, -0.05) is 23.9 Å². The third-order valence-corrected chi connectivity index (χ3v) is 6.07. The van der Waals surface area contributed by atoms with Crippen molar-refractivity contribution >= 4 is 35.0 Å². The molecule has 1 aromatic carbocycles. The summed E-state index contributed by atoms with van der Waals surface area (Å²) in [5.74, 6) is -0.414. The van der Waals surface area contributed by atoms with Gasteiger partial charge in [-0.3, -0.25) is 24.5 Å². The van der Waals surface area contributed by atoms with Crippen LogP contribution in [0.15, 0.2) is 71.0 Å². The van der Waals surface area contributed by atoms with Crippen molar-refractivity contribution in [3.63, 3.8) is 0 Å². The van der Waals surface area contributed by atoms with E-state index >= 15 is 0 Å². The predicted molar refractivity (Wildman–Crippen MR) is 106 cm³/mol. The lowest BCUT2D eigenvalue weighted by Gasteiger charge is -2.32. The molecule has 28 heavy (non-hydrogen) atoms. The Morgan fingerprint density at radius 3 is 2.21 bits per heavy atom. The molecule has 0 saturated heterocycles. The number of fused-ring (bicyclic) bond motifs is 3. The molecule has 6 nitrogen and oxygen atoms in total. The van der Waals surface area contributed by atoms with Crippen LogP contribution >= 0.6 is 11.8 Å². The number of nitrogens with zero attached hydrogens (tertiary/aromatic N) is 4. The van der Waals surface area contributed by atoms with E-state index in [1.54, 1.807) is 48.4 Å².